The van der Waals surface area contributed by atoms with Crippen molar-refractivity contribution in [2.45, 2.75) is 31.7 Å². The molecule has 2 atom stereocenters. The Bertz CT molecular complexity index is 363. The van der Waals surface area contributed by atoms with Gasteiger partial charge in [-0.25, -0.2) is 0 Å². The van der Waals surface area contributed by atoms with Gasteiger partial charge in [0.25, 0.3) is 0 Å². The molecule has 1 aliphatic carbocycles. The van der Waals surface area contributed by atoms with Crippen molar-refractivity contribution in [2.24, 2.45) is 11.7 Å². The van der Waals surface area contributed by atoms with Crippen LogP contribution in [-0.2, 0) is 11.2 Å². The lowest BCUT2D eigenvalue weighted by atomic mass is 9.99. The topological polar surface area (TPSA) is 43.1 Å². The van der Waals surface area contributed by atoms with Gasteiger partial charge in [-0.15, -0.1) is 11.3 Å². The number of thiophene rings is 1. The minimum absolute atomic E-state index is 0.203. The van der Waals surface area contributed by atoms with Gasteiger partial charge in [0.2, 0.25) is 0 Å². The van der Waals surface area contributed by atoms with Gasteiger partial charge in [-0.2, -0.15) is 0 Å². The Morgan fingerprint density at radius 3 is 2.93 bits per heavy atom. The van der Waals surface area contributed by atoms with Crippen molar-refractivity contribution in [1.29, 1.82) is 0 Å². The first kappa shape index (κ1) is 11.3. The van der Waals surface area contributed by atoms with E-state index in [1.165, 1.54) is 0 Å². The van der Waals surface area contributed by atoms with Crippen LogP contribution in [0.3, 0.4) is 0 Å². The highest BCUT2D eigenvalue weighted by Gasteiger charge is 2.27. The number of carbonyl (C=O) groups is 1. The first-order valence-electron chi connectivity index (χ1n) is 5.17. The average Bonchev–Trinajstić information content (AvgIpc) is 2.77. The number of hydrogen-bond acceptors (Lipinski definition) is 3. The van der Waals surface area contributed by atoms with Crippen LogP contribution in [0.4, 0.5) is 0 Å². The number of rotatable bonds is 3. The molecule has 1 aromatic rings. The molecule has 2 rings (SSSR count). The lowest BCUT2D eigenvalue weighted by Gasteiger charge is -2.07. The predicted molar refractivity (Wildman–Crippen MR) is 66.0 cm³/mol. The van der Waals surface area contributed by atoms with Crippen molar-refractivity contribution >= 4 is 33.0 Å². The molecule has 0 saturated heterocycles. The van der Waals surface area contributed by atoms with Crippen molar-refractivity contribution in [2.75, 3.05) is 0 Å². The number of Topliss-reactive ketones (excluding diaryl/α,β-unsaturated/α-hetero) is 1. The molecule has 2 nitrogen and oxygen atoms in total. The van der Waals surface area contributed by atoms with Crippen LogP contribution in [0.1, 0.15) is 24.1 Å². The monoisotopic (exact) mass is 287 g/mol. The minimum atomic E-state index is 0.203. The minimum Gasteiger partial charge on any atom is -0.328 e. The first-order chi connectivity index (χ1) is 7.16. The summed E-state index contributed by atoms with van der Waals surface area (Å²) in [6.45, 7) is 0. The average molecular weight is 288 g/mol. The Balaban J connectivity index is 1.95. The summed E-state index contributed by atoms with van der Waals surface area (Å²) in [7, 11) is 0. The van der Waals surface area contributed by atoms with Crippen LogP contribution in [0.2, 0.25) is 0 Å². The standard InChI is InChI=1S/C11H14BrNOS/c12-9-3-4-15-11(9)6-10(14)7-1-2-8(13)5-7/h3-4,7-8H,1-2,5-6,13H2. The van der Waals surface area contributed by atoms with E-state index in [0.717, 1.165) is 28.6 Å². The number of carbonyl (C=O) groups excluding carboxylic acids is 1. The third-order valence-corrected chi connectivity index (χ3v) is 4.88. The van der Waals surface area contributed by atoms with Crippen molar-refractivity contribution in [3.05, 3.63) is 20.8 Å². The lowest BCUT2D eigenvalue weighted by Crippen LogP contribution is -2.18. The molecule has 0 aromatic carbocycles. The highest BCUT2D eigenvalue weighted by atomic mass is 79.9. The highest BCUT2D eigenvalue weighted by Crippen LogP contribution is 2.29. The van der Waals surface area contributed by atoms with E-state index < -0.39 is 0 Å². The van der Waals surface area contributed by atoms with Crippen LogP contribution in [-0.4, -0.2) is 11.8 Å². The zero-order chi connectivity index (χ0) is 10.8. The number of hydrogen-bond donors (Lipinski definition) is 1. The normalized spacial score (nSPS) is 25.7. The molecule has 1 fully saturated rings. The van der Waals surface area contributed by atoms with E-state index in [4.69, 9.17) is 5.73 Å². The van der Waals surface area contributed by atoms with E-state index in [2.05, 4.69) is 15.9 Å². The number of ketones is 1. The molecule has 0 bridgehead atoms. The third kappa shape index (κ3) is 2.68. The van der Waals surface area contributed by atoms with Crippen molar-refractivity contribution in [1.82, 2.24) is 0 Å². The molecular weight excluding hydrogens is 274 g/mol. The molecule has 2 N–H and O–H groups in total. The van der Waals surface area contributed by atoms with E-state index in [-0.39, 0.29) is 12.0 Å². The van der Waals surface area contributed by atoms with Crippen LogP contribution in [0, 0.1) is 5.92 Å². The van der Waals surface area contributed by atoms with Gasteiger partial charge in [0, 0.05) is 27.7 Å². The lowest BCUT2D eigenvalue weighted by molar-refractivity contribution is -0.122. The predicted octanol–water partition coefficient (Wildman–Crippen LogP) is 2.75. The highest BCUT2D eigenvalue weighted by molar-refractivity contribution is 9.10. The number of nitrogens with two attached hydrogens (primary N) is 1. The van der Waals surface area contributed by atoms with E-state index in [1.807, 2.05) is 11.4 Å². The summed E-state index contributed by atoms with van der Waals surface area (Å²) in [4.78, 5) is 13.1. The molecule has 4 heteroatoms. The van der Waals surface area contributed by atoms with Crippen LogP contribution < -0.4 is 5.73 Å². The Morgan fingerprint density at radius 1 is 1.60 bits per heavy atom. The van der Waals surface area contributed by atoms with Gasteiger partial charge in [-0.05, 0) is 46.6 Å². The summed E-state index contributed by atoms with van der Waals surface area (Å²) in [5.74, 6) is 0.556. The molecule has 0 aliphatic heterocycles. The summed E-state index contributed by atoms with van der Waals surface area (Å²) in [5.41, 5.74) is 5.81. The third-order valence-electron chi connectivity index (χ3n) is 2.95. The Kier molecular flexibility index (Phi) is 3.59. The van der Waals surface area contributed by atoms with E-state index in [1.54, 1.807) is 11.3 Å². The van der Waals surface area contributed by atoms with Gasteiger partial charge < -0.3 is 5.73 Å². The van der Waals surface area contributed by atoms with Gasteiger partial charge in [0.15, 0.2) is 0 Å². The molecular formula is C11H14BrNOS. The summed E-state index contributed by atoms with van der Waals surface area (Å²) in [6, 6.07) is 2.24. The van der Waals surface area contributed by atoms with Crippen molar-refractivity contribution < 1.29 is 4.79 Å². The Morgan fingerprint density at radius 2 is 2.40 bits per heavy atom. The fraction of sp³-hybridized carbons (Fsp3) is 0.545. The van der Waals surface area contributed by atoms with Crippen molar-refractivity contribution in [3.63, 3.8) is 0 Å². The van der Waals surface area contributed by atoms with Crippen LogP contribution in [0.15, 0.2) is 15.9 Å². The Hall–Kier alpha value is -0.190. The zero-order valence-corrected chi connectivity index (χ0v) is 10.8. The fourth-order valence-electron chi connectivity index (χ4n) is 2.06. The van der Waals surface area contributed by atoms with Crippen molar-refractivity contribution in [3.8, 4) is 0 Å². The molecule has 2 unspecified atom stereocenters. The molecule has 82 valence electrons. The quantitative estimate of drug-likeness (QED) is 0.929. The molecule has 1 saturated carbocycles. The molecule has 0 spiro atoms. The molecule has 1 aliphatic rings. The molecule has 15 heavy (non-hydrogen) atoms. The van der Waals surface area contributed by atoms with Gasteiger partial charge >= 0.3 is 0 Å². The summed E-state index contributed by atoms with van der Waals surface area (Å²) < 4.78 is 1.06. The van der Waals surface area contributed by atoms with Crippen LogP contribution in [0.25, 0.3) is 0 Å². The maximum Gasteiger partial charge on any atom is 0.141 e. The Labute approximate surface area is 102 Å². The smallest absolute Gasteiger partial charge is 0.141 e. The molecule has 0 amide bonds. The van der Waals surface area contributed by atoms with Crippen LogP contribution >= 0.6 is 27.3 Å². The number of halogens is 1. The maximum atomic E-state index is 11.9. The zero-order valence-electron chi connectivity index (χ0n) is 8.41. The summed E-state index contributed by atoms with van der Waals surface area (Å²) >= 11 is 5.09. The second-order valence-corrected chi connectivity index (χ2v) is 5.96. The summed E-state index contributed by atoms with van der Waals surface area (Å²) in [6.07, 6.45) is 3.42. The molecule has 0 radical (unpaired) electrons. The van der Waals surface area contributed by atoms with E-state index in [0.29, 0.717) is 12.2 Å². The van der Waals surface area contributed by atoms with E-state index >= 15 is 0 Å². The van der Waals surface area contributed by atoms with E-state index in [9.17, 15) is 4.79 Å². The fourth-order valence-corrected chi connectivity index (χ4v) is 3.56. The largest absolute Gasteiger partial charge is 0.328 e. The van der Waals surface area contributed by atoms with Gasteiger partial charge in [-0.3, -0.25) is 4.79 Å². The second kappa shape index (κ2) is 4.76. The first-order valence-corrected chi connectivity index (χ1v) is 6.84. The maximum absolute atomic E-state index is 11.9. The SMILES string of the molecule is NC1CCC(C(=O)Cc2sccc2Br)C1. The van der Waals surface area contributed by atoms with Gasteiger partial charge in [0.1, 0.15) is 5.78 Å². The molecule has 1 aromatic heterocycles. The van der Waals surface area contributed by atoms with Crippen LogP contribution in [0.5, 0.6) is 0 Å². The summed E-state index contributed by atoms with van der Waals surface area (Å²) in [5, 5.41) is 2.01. The molecule has 1 heterocycles. The second-order valence-electron chi connectivity index (χ2n) is 4.10. The van der Waals surface area contributed by atoms with Gasteiger partial charge in [0.05, 0.1) is 0 Å². The van der Waals surface area contributed by atoms with Gasteiger partial charge in [-0.1, -0.05) is 0 Å².